The molecular weight excluding hydrogens is 681 g/mol. The maximum absolute atomic E-state index is 6.59. The van der Waals surface area contributed by atoms with Crippen molar-refractivity contribution in [2.45, 2.75) is 27.7 Å². The van der Waals surface area contributed by atoms with Crippen molar-refractivity contribution in [3.63, 3.8) is 0 Å². The van der Waals surface area contributed by atoms with Gasteiger partial charge in [-0.3, -0.25) is 4.57 Å². The Labute approximate surface area is 319 Å². The van der Waals surface area contributed by atoms with Crippen molar-refractivity contribution in [1.82, 2.24) is 19.3 Å². The molecule has 0 saturated carbocycles. The van der Waals surface area contributed by atoms with Gasteiger partial charge in [-0.2, -0.15) is 5.10 Å². The molecule has 3 aromatic heterocycles. The van der Waals surface area contributed by atoms with Crippen LogP contribution in [0.3, 0.4) is 0 Å². The number of aromatic nitrogens is 4. The van der Waals surface area contributed by atoms with Gasteiger partial charge in [0.15, 0.2) is 0 Å². The minimum atomic E-state index is 0.689. The highest BCUT2D eigenvalue weighted by molar-refractivity contribution is 6.09. The summed E-state index contributed by atoms with van der Waals surface area (Å²) in [6.45, 7) is 8.23. The van der Waals surface area contributed by atoms with Gasteiger partial charge in [-0.25, -0.2) is 9.67 Å². The third kappa shape index (κ3) is 6.46. The summed E-state index contributed by atoms with van der Waals surface area (Å²) in [6.07, 6.45) is 1.86. The molecule has 9 aromatic rings. The number of para-hydroxylation sites is 3. The van der Waals surface area contributed by atoms with E-state index < -0.39 is 0 Å². The van der Waals surface area contributed by atoms with Crippen LogP contribution in [0, 0.1) is 27.7 Å². The molecule has 0 saturated heterocycles. The highest BCUT2D eigenvalue weighted by Crippen LogP contribution is 2.46. The SMILES string of the molecule is Cc1ccnc(-n2c3ccccc3c3ccc(Oc4cccc(-n5nc(C)c(-c6c(Oc7ccccc7)cc(C)cc6Oc6ccccc6)c5C)c4)cc32)c1. The standard InChI is InChI=1S/C48H38N4O3/c1-31-24-25-49-46(28-31)51-42-21-12-11-20-40(42)41-23-22-39(30-43(41)51)53-38-19-13-14-35(29-38)52-34(4)47(33(3)50-52)48-44(54-36-15-7-5-8-16-36)26-32(2)27-45(48)55-37-17-9-6-10-18-37/h5-30H,1-4H3. The van der Waals surface area contributed by atoms with Gasteiger partial charge in [-0.15, -0.1) is 0 Å². The lowest BCUT2D eigenvalue weighted by Gasteiger charge is -2.18. The highest BCUT2D eigenvalue weighted by atomic mass is 16.5. The van der Waals surface area contributed by atoms with E-state index in [1.54, 1.807) is 0 Å². The third-order valence-electron chi connectivity index (χ3n) is 9.77. The number of pyridine rings is 1. The van der Waals surface area contributed by atoms with E-state index in [1.165, 1.54) is 0 Å². The highest BCUT2D eigenvalue weighted by Gasteiger charge is 2.24. The molecule has 0 fully saturated rings. The van der Waals surface area contributed by atoms with Crippen LogP contribution in [0.2, 0.25) is 0 Å². The van der Waals surface area contributed by atoms with Gasteiger partial charge < -0.3 is 14.2 Å². The molecule has 7 heteroatoms. The number of nitrogens with zero attached hydrogens (tertiary/aromatic N) is 4. The lowest BCUT2D eigenvalue weighted by molar-refractivity contribution is 0.463. The number of benzene rings is 6. The second-order valence-corrected chi connectivity index (χ2v) is 13.7. The van der Waals surface area contributed by atoms with Gasteiger partial charge >= 0.3 is 0 Å². The van der Waals surface area contributed by atoms with Gasteiger partial charge in [-0.1, -0.05) is 60.7 Å². The molecule has 3 heterocycles. The molecule has 0 N–H and O–H groups in total. The first-order valence-electron chi connectivity index (χ1n) is 18.3. The average molecular weight is 719 g/mol. The predicted molar refractivity (Wildman–Crippen MR) is 220 cm³/mol. The zero-order valence-electron chi connectivity index (χ0n) is 31.0. The van der Waals surface area contributed by atoms with Crippen molar-refractivity contribution in [2.24, 2.45) is 0 Å². The van der Waals surface area contributed by atoms with Crippen molar-refractivity contribution < 1.29 is 14.2 Å². The summed E-state index contributed by atoms with van der Waals surface area (Å²) in [5.74, 6) is 5.14. The van der Waals surface area contributed by atoms with Crippen molar-refractivity contribution >= 4 is 21.8 Å². The van der Waals surface area contributed by atoms with Gasteiger partial charge in [-0.05, 0) is 118 Å². The second kappa shape index (κ2) is 14.0. The molecule has 268 valence electrons. The van der Waals surface area contributed by atoms with E-state index >= 15 is 0 Å². The van der Waals surface area contributed by atoms with Gasteiger partial charge in [0, 0.05) is 40.4 Å². The number of ether oxygens (including phenoxy) is 3. The number of rotatable bonds is 9. The summed E-state index contributed by atoms with van der Waals surface area (Å²) in [4.78, 5) is 4.73. The van der Waals surface area contributed by atoms with E-state index in [2.05, 4.69) is 73.0 Å². The summed E-state index contributed by atoms with van der Waals surface area (Å²) in [5.41, 5.74) is 8.69. The monoisotopic (exact) mass is 718 g/mol. The van der Waals surface area contributed by atoms with E-state index in [1.807, 2.05) is 122 Å². The summed E-state index contributed by atoms with van der Waals surface area (Å²) >= 11 is 0. The zero-order valence-corrected chi connectivity index (χ0v) is 31.0. The molecule has 0 spiro atoms. The number of aryl methyl sites for hydroxylation is 3. The van der Waals surface area contributed by atoms with Crippen molar-refractivity contribution in [1.29, 1.82) is 0 Å². The first-order chi connectivity index (χ1) is 26.9. The second-order valence-electron chi connectivity index (χ2n) is 13.7. The van der Waals surface area contributed by atoms with Crippen molar-refractivity contribution in [3.05, 3.63) is 180 Å². The van der Waals surface area contributed by atoms with Crippen LogP contribution in [0.25, 0.3) is 44.4 Å². The number of hydrogen-bond donors (Lipinski definition) is 0. The van der Waals surface area contributed by atoms with Crippen LogP contribution in [-0.4, -0.2) is 19.3 Å². The molecular formula is C48H38N4O3. The van der Waals surface area contributed by atoms with Crippen LogP contribution in [0.5, 0.6) is 34.5 Å². The predicted octanol–water partition coefficient (Wildman–Crippen LogP) is 12.6. The molecule has 0 amide bonds. The Balaban J connectivity index is 1.11. The molecule has 0 radical (unpaired) electrons. The minimum absolute atomic E-state index is 0.689. The largest absolute Gasteiger partial charge is 0.457 e. The molecule has 0 aliphatic rings. The fourth-order valence-electron chi connectivity index (χ4n) is 7.33. The summed E-state index contributed by atoms with van der Waals surface area (Å²) in [6, 6.07) is 50.5. The molecule has 55 heavy (non-hydrogen) atoms. The van der Waals surface area contributed by atoms with Gasteiger partial charge in [0.05, 0.1) is 28.0 Å². The maximum atomic E-state index is 6.59. The summed E-state index contributed by atoms with van der Waals surface area (Å²) in [7, 11) is 0. The van der Waals surface area contributed by atoms with Crippen LogP contribution in [0.1, 0.15) is 22.5 Å². The molecule has 9 rings (SSSR count). The van der Waals surface area contributed by atoms with E-state index in [9.17, 15) is 0 Å². The molecule has 0 aliphatic heterocycles. The Morgan fingerprint density at radius 3 is 1.82 bits per heavy atom. The van der Waals surface area contributed by atoms with Crippen LogP contribution >= 0.6 is 0 Å². The van der Waals surface area contributed by atoms with E-state index in [0.717, 1.165) is 84.2 Å². The first kappa shape index (κ1) is 33.7. The normalized spacial score (nSPS) is 11.3. The Bertz CT molecular complexity index is 2780. The molecule has 7 nitrogen and oxygen atoms in total. The molecule has 0 aliphatic carbocycles. The van der Waals surface area contributed by atoms with Gasteiger partial charge in [0.1, 0.15) is 40.3 Å². The van der Waals surface area contributed by atoms with E-state index in [0.29, 0.717) is 17.2 Å². The molecule has 0 unspecified atom stereocenters. The maximum Gasteiger partial charge on any atom is 0.139 e. The summed E-state index contributed by atoms with van der Waals surface area (Å²) in [5, 5.41) is 7.38. The minimum Gasteiger partial charge on any atom is -0.457 e. The quantitative estimate of drug-likeness (QED) is 0.149. The Morgan fingerprint density at radius 1 is 0.473 bits per heavy atom. The average Bonchev–Trinajstić information content (AvgIpc) is 3.68. The van der Waals surface area contributed by atoms with Crippen LogP contribution in [0.4, 0.5) is 0 Å². The fourth-order valence-corrected chi connectivity index (χ4v) is 7.33. The fraction of sp³-hybridized carbons (Fsp3) is 0.0833. The van der Waals surface area contributed by atoms with E-state index in [-0.39, 0.29) is 0 Å². The topological polar surface area (TPSA) is 63.3 Å². The van der Waals surface area contributed by atoms with Gasteiger partial charge in [0.25, 0.3) is 0 Å². The number of fused-ring (bicyclic) bond motifs is 3. The first-order valence-corrected chi connectivity index (χ1v) is 18.3. The Morgan fingerprint density at radius 2 is 1.11 bits per heavy atom. The third-order valence-corrected chi connectivity index (χ3v) is 9.77. The summed E-state index contributed by atoms with van der Waals surface area (Å²) < 4.78 is 23.9. The molecule has 0 bridgehead atoms. The number of hydrogen-bond acceptors (Lipinski definition) is 5. The Hall–Kier alpha value is -7.12. The van der Waals surface area contributed by atoms with Crippen LogP contribution < -0.4 is 14.2 Å². The van der Waals surface area contributed by atoms with Crippen molar-refractivity contribution in [2.75, 3.05) is 0 Å². The van der Waals surface area contributed by atoms with Crippen molar-refractivity contribution in [3.8, 4) is 57.1 Å². The van der Waals surface area contributed by atoms with Gasteiger partial charge in [0.2, 0.25) is 0 Å². The zero-order chi connectivity index (χ0) is 37.5. The lowest BCUT2D eigenvalue weighted by atomic mass is 9.99. The molecule has 6 aromatic carbocycles. The van der Waals surface area contributed by atoms with E-state index in [4.69, 9.17) is 24.3 Å². The van der Waals surface area contributed by atoms with Crippen LogP contribution in [0.15, 0.2) is 158 Å². The Kier molecular flexibility index (Phi) is 8.59. The lowest BCUT2D eigenvalue weighted by Crippen LogP contribution is -2.00. The smallest absolute Gasteiger partial charge is 0.139 e. The molecule has 0 atom stereocenters. The van der Waals surface area contributed by atoms with Crippen LogP contribution in [-0.2, 0) is 0 Å².